The molecule has 2 aromatic rings. The molecule has 0 aliphatic carbocycles. The molecular weight excluding hydrogens is 300 g/mol. The molecule has 0 unspecified atom stereocenters. The fourth-order valence-corrected chi connectivity index (χ4v) is 2.42. The average Bonchev–Trinajstić information content (AvgIpc) is 2.55. The molecular formula is C16H18N2O3S. The number of methoxy groups -OCH3 is 1. The number of benzene rings is 1. The molecule has 0 aliphatic heterocycles. The smallest absolute Gasteiger partial charge is 0.234 e. The van der Waals surface area contributed by atoms with E-state index < -0.39 is 0 Å². The van der Waals surface area contributed by atoms with Crippen LogP contribution in [0.1, 0.15) is 6.92 Å². The number of nitrogens with zero attached hydrogens (tertiary/aromatic N) is 1. The lowest BCUT2D eigenvalue weighted by Gasteiger charge is -2.06. The topological polar surface area (TPSA) is 60.5 Å². The molecule has 0 fully saturated rings. The molecule has 1 aromatic heterocycles. The molecule has 22 heavy (non-hydrogen) atoms. The van der Waals surface area contributed by atoms with Crippen molar-refractivity contribution in [3.63, 3.8) is 0 Å². The lowest BCUT2D eigenvalue weighted by Crippen LogP contribution is -2.14. The first-order valence-corrected chi connectivity index (χ1v) is 7.85. The quantitative estimate of drug-likeness (QED) is 0.794. The standard InChI is InChI=1S/C16H18N2O3S/c1-3-21-13-5-7-14(8-6-13)22-11-15(19)18-12-4-9-16(20-2)17-10-12/h4-10H,3,11H2,1-2H3,(H,18,19). The van der Waals surface area contributed by atoms with Gasteiger partial charge in [0.15, 0.2) is 0 Å². The van der Waals surface area contributed by atoms with E-state index >= 15 is 0 Å². The van der Waals surface area contributed by atoms with Gasteiger partial charge < -0.3 is 14.8 Å². The zero-order valence-corrected chi connectivity index (χ0v) is 13.4. The van der Waals surface area contributed by atoms with Gasteiger partial charge in [0.25, 0.3) is 0 Å². The summed E-state index contributed by atoms with van der Waals surface area (Å²) in [5.74, 6) is 1.60. The number of aromatic nitrogens is 1. The van der Waals surface area contributed by atoms with E-state index in [2.05, 4.69) is 10.3 Å². The van der Waals surface area contributed by atoms with Crippen molar-refractivity contribution in [1.29, 1.82) is 0 Å². The van der Waals surface area contributed by atoms with Gasteiger partial charge in [-0.1, -0.05) is 0 Å². The third-order valence-corrected chi connectivity index (χ3v) is 3.75. The van der Waals surface area contributed by atoms with E-state index in [1.807, 2.05) is 31.2 Å². The summed E-state index contributed by atoms with van der Waals surface area (Å²) >= 11 is 1.47. The number of rotatable bonds is 7. The Morgan fingerprint density at radius 1 is 1.23 bits per heavy atom. The van der Waals surface area contributed by atoms with Crippen molar-refractivity contribution in [3.05, 3.63) is 42.6 Å². The van der Waals surface area contributed by atoms with E-state index in [1.165, 1.54) is 11.8 Å². The van der Waals surface area contributed by atoms with Crippen LogP contribution >= 0.6 is 11.8 Å². The summed E-state index contributed by atoms with van der Waals surface area (Å²) < 4.78 is 10.3. The molecule has 0 bridgehead atoms. The molecule has 1 aromatic carbocycles. The van der Waals surface area contributed by atoms with E-state index in [4.69, 9.17) is 9.47 Å². The van der Waals surface area contributed by atoms with Crippen LogP contribution in [0.5, 0.6) is 11.6 Å². The van der Waals surface area contributed by atoms with E-state index in [1.54, 1.807) is 25.4 Å². The van der Waals surface area contributed by atoms with Crippen molar-refractivity contribution >= 4 is 23.4 Å². The third kappa shape index (κ3) is 4.96. The Morgan fingerprint density at radius 3 is 2.59 bits per heavy atom. The Balaban J connectivity index is 1.81. The molecule has 116 valence electrons. The van der Waals surface area contributed by atoms with Crippen LogP contribution in [-0.4, -0.2) is 30.4 Å². The van der Waals surface area contributed by atoms with Crippen LogP contribution in [0.3, 0.4) is 0 Å². The summed E-state index contributed by atoms with van der Waals surface area (Å²) in [6, 6.07) is 11.1. The van der Waals surface area contributed by atoms with Crippen LogP contribution in [0.25, 0.3) is 0 Å². The number of pyridine rings is 1. The number of hydrogen-bond acceptors (Lipinski definition) is 5. The summed E-state index contributed by atoms with van der Waals surface area (Å²) in [5.41, 5.74) is 0.651. The van der Waals surface area contributed by atoms with Gasteiger partial charge in [-0.3, -0.25) is 4.79 Å². The van der Waals surface area contributed by atoms with Gasteiger partial charge >= 0.3 is 0 Å². The lowest BCUT2D eigenvalue weighted by molar-refractivity contribution is -0.113. The van der Waals surface area contributed by atoms with Crippen molar-refractivity contribution < 1.29 is 14.3 Å². The molecule has 0 atom stereocenters. The molecule has 1 N–H and O–H groups in total. The Labute approximate surface area is 134 Å². The minimum atomic E-state index is -0.0779. The Hall–Kier alpha value is -2.21. The third-order valence-electron chi connectivity index (χ3n) is 2.73. The number of carbonyl (C=O) groups excluding carboxylic acids is 1. The van der Waals surface area contributed by atoms with Crippen LogP contribution in [0, 0.1) is 0 Å². The largest absolute Gasteiger partial charge is 0.494 e. The van der Waals surface area contributed by atoms with Crippen molar-refractivity contribution in [2.45, 2.75) is 11.8 Å². The van der Waals surface area contributed by atoms with Crippen molar-refractivity contribution in [2.24, 2.45) is 0 Å². The lowest BCUT2D eigenvalue weighted by atomic mass is 10.3. The van der Waals surface area contributed by atoms with Gasteiger partial charge in [0.2, 0.25) is 11.8 Å². The van der Waals surface area contributed by atoms with Crippen molar-refractivity contribution in [1.82, 2.24) is 4.98 Å². The molecule has 6 heteroatoms. The average molecular weight is 318 g/mol. The highest BCUT2D eigenvalue weighted by atomic mass is 32.2. The predicted molar refractivity (Wildman–Crippen MR) is 87.8 cm³/mol. The molecule has 5 nitrogen and oxygen atoms in total. The number of thioether (sulfide) groups is 1. The summed E-state index contributed by atoms with van der Waals surface area (Å²) in [4.78, 5) is 17.0. The van der Waals surface area contributed by atoms with Gasteiger partial charge in [0.1, 0.15) is 5.75 Å². The van der Waals surface area contributed by atoms with Gasteiger partial charge in [-0.2, -0.15) is 0 Å². The molecule has 0 radical (unpaired) electrons. The van der Waals surface area contributed by atoms with Gasteiger partial charge in [-0.15, -0.1) is 11.8 Å². The van der Waals surface area contributed by atoms with Crippen LogP contribution < -0.4 is 14.8 Å². The van der Waals surface area contributed by atoms with Crippen molar-refractivity contribution in [2.75, 3.05) is 24.8 Å². The van der Waals surface area contributed by atoms with E-state index in [9.17, 15) is 4.79 Å². The highest BCUT2D eigenvalue weighted by molar-refractivity contribution is 8.00. The molecule has 1 amide bonds. The first-order valence-electron chi connectivity index (χ1n) is 6.87. The molecule has 0 aliphatic rings. The number of hydrogen-bond donors (Lipinski definition) is 1. The maximum atomic E-state index is 11.9. The number of nitrogens with one attached hydrogen (secondary N) is 1. The van der Waals surface area contributed by atoms with Crippen LogP contribution in [0.4, 0.5) is 5.69 Å². The number of anilines is 1. The molecule has 1 heterocycles. The fourth-order valence-electron chi connectivity index (χ4n) is 1.72. The van der Waals surface area contributed by atoms with E-state index in [0.717, 1.165) is 10.6 Å². The van der Waals surface area contributed by atoms with E-state index in [-0.39, 0.29) is 5.91 Å². The van der Waals surface area contributed by atoms with Gasteiger partial charge in [-0.05, 0) is 37.3 Å². The molecule has 0 spiro atoms. The fraction of sp³-hybridized carbons (Fsp3) is 0.250. The number of carbonyl (C=O) groups is 1. The Bertz CT molecular complexity index is 600. The first kappa shape index (κ1) is 16.2. The normalized spacial score (nSPS) is 10.1. The van der Waals surface area contributed by atoms with Crippen molar-refractivity contribution in [3.8, 4) is 11.6 Å². The monoisotopic (exact) mass is 318 g/mol. The second-order valence-corrected chi connectivity index (χ2v) is 5.38. The second-order valence-electron chi connectivity index (χ2n) is 4.33. The van der Waals surface area contributed by atoms with Gasteiger partial charge in [0.05, 0.1) is 31.4 Å². The molecule has 0 saturated carbocycles. The van der Waals surface area contributed by atoms with Gasteiger partial charge in [0, 0.05) is 11.0 Å². The minimum absolute atomic E-state index is 0.0779. The first-order chi connectivity index (χ1) is 10.7. The summed E-state index contributed by atoms with van der Waals surface area (Å²) in [6.07, 6.45) is 1.57. The highest BCUT2D eigenvalue weighted by Gasteiger charge is 2.05. The zero-order valence-electron chi connectivity index (χ0n) is 12.5. The number of amides is 1. The van der Waals surface area contributed by atoms with Crippen LogP contribution in [-0.2, 0) is 4.79 Å². The second kappa shape index (κ2) is 8.29. The maximum Gasteiger partial charge on any atom is 0.234 e. The highest BCUT2D eigenvalue weighted by Crippen LogP contribution is 2.21. The van der Waals surface area contributed by atoms with E-state index in [0.29, 0.717) is 23.9 Å². The molecule has 2 rings (SSSR count). The predicted octanol–water partition coefficient (Wildman–Crippen LogP) is 3.22. The summed E-state index contributed by atoms with van der Waals surface area (Å²) in [5, 5.41) is 2.79. The molecule has 0 saturated heterocycles. The summed E-state index contributed by atoms with van der Waals surface area (Å²) in [6.45, 7) is 2.59. The SMILES string of the molecule is CCOc1ccc(SCC(=O)Nc2ccc(OC)nc2)cc1. The summed E-state index contributed by atoms with van der Waals surface area (Å²) in [7, 11) is 1.55. The van der Waals surface area contributed by atoms with Crippen LogP contribution in [0.15, 0.2) is 47.5 Å². The van der Waals surface area contributed by atoms with Gasteiger partial charge in [-0.25, -0.2) is 4.98 Å². The van der Waals surface area contributed by atoms with Crippen LogP contribution in [0.2, 0.25) is 0 Å². The maximum absolute atomic E-state index is 11.9. The Morgan fingerprint density at radius 2 is 2.00 bits per heavy atom. The number of ether oxygens (including phenoxy) is 2. The minimum Gasteiger partial charge on any atom is -0.494 e. The zero-order chi connectivity index (χ0) is 15.8. The Kier molecular flexibility index (Phi) is 6.09.